The van der Waals surface area contributed by atoms with Crippen LogP contribution in [-0.4, -0.2) is 43.0 Å². The number of tetrazole rings is 1. The second-order valence-electron chi connectivity index (χ2n) is 12.6. The lowest BCUT2D eigenvalue weighted by atomic mass is 9.41. The Balaban J connectivity index is 1.26. The number of aliphatic hydroxyl groups is 2. The smallest absolute Gasteiger partial charge is 0.174 e. The summed E-state index contributed by atoms with van der Waals surface area (Å²) in [4.78, 5) is 0. The van der Waals surface area contributed by atoms with Crippen molar-refractivity contribution in [2.45, 2.75) is 116 Å². The molecule has 5 rings (SSSR count). The number of rotatable bonds is 7. The third-order valence-electron chi connectivity index (χ3n) is 11.4. The van der Waals surface area contributed by atoms with Crippen LogP contribution >= 0.6 is 0 Å². The Morgan fingerprint density at radius 1 is 0.939 bits per heavy atom. The molecule has 10 atom stereocenters. The Labute approximate surface area is 199 Å². The molecule has 0 saturated heterocycles. The van der Waals surface area contributed by atoms with Crippen molar-refractivity contribution in [3.63, 3.8) is 0 Å². The Morgan fingerprint density at radius 3 is 2.48 bits per heavy atom. The van der Waals surface area contributed by atoms with Gasteiger partial charge in [0.2, 0.25) is 0 Å². The summed E-state index contributed by atoms with van der Waals surface area (Å²) in [5.41, 5.74) is 0.698. The molecular weight excluding hydrogens is 412 g/mol. The van der Waals surface area contributed by atoms with Crippen molar-refractivity contribution in [3.8, 4) is 0 Å². The van der Waals surface area contributed by atoms with Gasteiger partial charge in [0, 0.05) is 6.42 Å². The number of hydrogen-bond acceptors (Lipinski definition) is 5. The molecule has 4 aliphatic carbocycles. The van der Waals surface area contributed by atoms with Gasteiger partial charge in [-0.2, -0.15) is 5.21 Å². The zero-order valence-corrected chi connectivity index (χ0v) is 21.0. The lowest BCUT2D eigenvalue weighted by molar-refractivity contribution is -0.202. The van der Waals surface area contributed by atoms with Crippen LogP contribution in [0.4, 0.5) is 0 Å². The predicted octanol–water partition coefficient (Wildman–Crippen LogP) is 4.93. The highest BCUT2D eigenvalue weighted by Crippen LogP contribution is 2.69. The molecule has 0 radical (unpaired) electrons. The van der Waals surface area contributed by atoms with E-state index in [-0.39, 0.29) is 12.2 Å². The van der Waals surface area contributed by atoms with Gasteiger partial charge in [-0.25, -0.2) is 0 Å². The van der Waals surface area contributed by atoms with Crippen molar-refractivity contribution in [2.75, 3.05) is 0 Å². The van der Waals surface area contributed by atoms with Gasteiger partial charge in [0.25, 0.3) is 0 Å². The number of unbranched alkanes of at least 4 members (excludes halogenated alkanes) is 2. The van der Waals surface area contributed by atoms with Crippen LogP contribution in [-0.2, 0) is 6.42 Å². The van der Waals surface area contributed by atoms with Gasteiger partial charge < -0.3 is 10.2 Å². The van der Waals surface area contributed by atoms with Crippen LogP contribution in [0, 0.1) is 46.3 Å². The Bertz CT molecular complexity index is 787. The molecule has 0 bridgehead atoms. The van der Waals surface area contributed by atoms with E-state index in [4.69, 9.17) is 0 Å². The number of H-pyrrole nitrogens is 1. The molecular formula is C27H46N4O2. The zero-order valence-electron chi connectivity index (χ0n) is 21.0. The number of hydrogen-bond donors (Lipinski definition) is 3. The molecule has 0 amide bonds. The van der Waals surface area contributed by atoms with Crippen LogP contribution < -0.4 is 0 Å². The lowest BCUT2D eigenvalue weighted by Gasteiger charge is -2.64. The summed E-state index contributed by atoms with van der Waals surface area (Å²) in [6.07, 6.45) is 14.9. The van der Waals surface area contributed by atoms with Crippen molar-refractivity contribution in [3.05, 3.63) is 5.82 Å². The zero-order chi connectivity index (χ0) is 23.2. The molecule has 4 saturated carbocycles. The van der Waals surface area contributed by atoms with E-state index in [2.05, 4.69) is 41.4 Å². The first-order chi connectivity index (χ1) is 15.9. The minimum atomic E-state index is -0.179. The highest BCUT2D eigenvalue weighted by molar-refractivity contribution is 5.13. The van der Waals surface area contributed by atoms with Crippen LogP contribution in [0.5, 0.6) is 0 Å². The highest BCUT2D eigenvalue weighted by atomic mass is 16.3. The lowest BCUT2D eigenvalue weighted by Crippen LogP contribution is -2.62. The van der Waals surface area contributed by atoms with Crippen LogP contribution in [0.1, 0.15) is 104 Å². The second kappa shape index (κ2) is 9.22. The molecule has 0 aliphatic heterocycles. The van der Waals surface area contributed by atoms with E-state index in [1.165, 1.54) is 44.9 Å². The standard InChI is InChI=1S/C27H46N4O2/c1-4-19-22-16-18(32)12-14-27(22,3)21-13-15-26(2)17(10-11-20(26)24(21)25(19)33)8-6-5-7-9-23-28-30-31-29-23/h17-22,24-25,32-33H,4-16H2,1-3H3,(H,28,29,30,31)/t17-,18+,19+,20-,21-,22-,24-,25+,26+,27+/m0/s1. The van der Waals surface area contributed by atoms with Crippen molar-refractivity contribution < 1.29 is 10.2 Å². The van der Waals surface area contributed by atoms with Crippen LogP contribution in [0.25, 0.3) is 0 Å². The molecule has 4 aliphatic rings. The quantitative estimate of drug-likeness (QED) is 0.504. The molecule has 1 aromatic rings. The fraction of sp³-hybridized carbons (Fsp3) is 0.963. The number of nitrogens with zero attached hydrogens (tertiary/aromatic N) is 3. The number of aryl methyl sites for hydroxylation is 1. The molecule has 6 heteroatoms. The molecule has 1 aromatic heterocycles. The monoisotopic (exact) mass is 458 g/mol. The Hall–Kier alpha value is -1.01. The highest BCUT2D eigenvalue weighted by Gasteiger charge is 2.64. The third kappa shape index (κ3) is 3.97. The minimum absolute atomic E-state index is 0.161. The summed E-state index contributed by atoms with van der Waals surface area (Å²) in [7, 11) is 0. The van der Waals surface area contributed by atoms with Crippen LogP contribution in [0.2, 0.25) is 0 Å². The summed E-state index contributed by atoms with van der Waals surface area (Å²) in [6.45, 7) is 7.38. The first kappa shape index (κ1) is 23.7. The van der Waals surface area contributed by atoms with Gasteiger partial charge >= 0.3 is 0 Å². The van der Waals surface area contributed by atoms with E-state index in [0.29, 0.717) is 40.4 Å². The number of aromatic nitrogens is 4. The number of aromatic amines is 1. The number of nitrogens with one attached hydrogen (secondary N) is 1. The van der Waals surface area contributed by atoms with Crippen molar-refractivity contribution >= 4 is 0 Å². The Kier molecular flexibility index (Phi) is 6.63. The summed E-state index contributed by atoms with van der Waals surface area (Å²) >= 11 is 0. The van der Waals surface area contributed by atoms with E-state index in [9.17, 15) is 10.2 Å². The van der Waals surface area contributed by atoms with Gasteiger partial charge in [-0.1, -0.05) is 45.2 Å². The number of aliphatic hydroxyl groups excluding tert-OH is 2. The molecule has 0 spiro atoms. The molecule has 6 nitrogen and oxygen atoms in total. The maximum Gasteiger partial charge on any atom is 0.174 e. The fourth-order valence-electron chi connectivity index (χ4n) is 9.68. The van der Waals surface area contributed by atoms with E-state index in [1.807, 2.05) is 0 Å². The summed E-state index contributed by atoms with van der Waals surface area (Å²) < 4.78 is 0. The van der Waals surface area contributed by atoms with Gasteiger partial charge in [-0.05, 0) is 104 Å². The van der Waals surface area contributed by atoms with Gasteiger partial charge in [0.15, 0.2) is 5.82 Å². The maximum absolute atomic E-state index is 11.8. The van der Waals surface area contributed by atoms with Gasteiger partial charge in [0.1, 0.15) is 0 Å². The summed E-state index contributed by atoms with van der Waals surface area (Å²) in [5, 5.41) is 36.6. The predicted molar refractivity (Wildman–Crippen MR) is 128 cm³/mol. The molecule has 0 unspecified atom stereocenters. The number of fused-ring (bicyclic) bond motifs is 5. The van der Waals surface area contributed by atoms with E-state index in [1.54, 1.807) is 0 Å². The van der Waals surface area contributed by atoms with Crippen LogP contribution in [0.15, 0.2) is 0 Å². The first-order valence-corrected chi connectivity index (χ1v) is 14.0. The molecule has 0 aromatic carbocycles. The molecule has 3 N–H and O–H groups in total. The van der Waals surface area contributed by atoms with Gasteiger partial charge in [-0.3, -0.25) is 0 Å². The average Bonchev–Trinajstić information content (AvgIpc) is 3.43. The topological polar surface area (TPSA) is 94.9 Å². The average molecular weight is 459 g/mol. The van der Waals surface area contributed by atoms with Crippen molar-refractivity contribution in [1.82, 2.24) is 20.6 Å². The first-order valence-electron chi connectivity index (χ1n) is 14.0. The third-order valence-corrected chi connectivity index (χ3v) is 11.4. The van der Waals surface area contributed by atoms with Gasteiger partial charge in [-0.15, -0.1) is 10.2 Å². The molecule has 33 heavy (non-hydrogen) atoms. The Morgan fingerprint density at radius 2 is 1.73 bits per heavy atom. The van der Waals surface area contributed by atoms with Crippen molar-refractivity contribution in [1.29, 1.82) is 0 Å². The van der Waals surface area contributed by atoms with E-state index >= 15 is 0 Å². The maximum atomic E-state index is 11.8. The van der Waals surface area contributed by atoms with Crippen LogP contribution in [0.3, 0.4) is 0 Å². The summed E-state index contributed by atoms with van der Waals surface area (Å²) in [6, 6.07) is 0. The van der Waals surface area contributed by atoms with Gasteiger partial charge in [0.05, 0.1) is 12.2 Å². The normalized spacial score (nSPS) is 47.1. The molecule has 4 fully saturated rings. The largest absolute Gasteiger partial charge is 0.393 e. The SMILES string of the molecule is CC[C@H]1[C@@H](O)[C@@H]2[C@H](CC[C@]3(C)[C@@H](CCCCCc4nn[nH]n4)CC[C@@H]23)[C@@]2(C)CC[C@@H](O)C[C@@H]12. The van der Waals surface area contributed by atoms with E-state index in [0.717, 1.165) is 50.3 Å². The minimum Gasteiger partial charge on any atom is -0.393 e. The fourth-order valence-corrected chi connectivity index (χ4v) is 9.68. The summed E-state index contributed by atoms with van der Waals surface area (Å²) in [5.74, 6) is 4.27. The molecule has 1 heterocycles. The molecule has 186 valence electrons. The van der Waals surface area contributed by atoms with E-state index < -0.39 is 0 Å². The van der Waals surface area contributed by atoms with Crippen molar-refractivity contribution in [2.24, 2.45) is 46.3 Å². The second-order valence-corrected chi connectivity index (χ2v) is 12.6.